The van der Waals surface area contributed by atoms with Crippen LogP contribution in [0.15, 0.2) is 48.5 Å². The lowest BCUT2D eigenvalue weighted by Gasteiger charge is -2.19. The highest BCUT2D eigenvalue weighted by molar-refractivity contribution is 5.96. The molecular formula is C21H26N2O3. The van der Waals surface area contributed by atoms with Crippen molar-refractivity contribution in [1.29, 1.82) is 0 Å². The smallest absolute Gasteiger partial charge is 0.265 e. The Kier molecular flexibility index (Phi) is 6.78. The van der Waals surface area contributed by atoms with Crippen molar-refractivity contribution < 1.29 is 14.3 Å². The summed E-state index contributed by atoms with van der Waals surface area (Å²) in [5.41, 5.74) is 2.31. The van der Waals surface area contributed by atoms with Crippen LogP contribution in [0.2, 0.25) is 0 Å². The van der Waals surface area contributed by atoms with Crippen molar-refractivity contribution in [3.05, 3.63) is 59.7 Å². The quantitative estimate of drug-likeness (QED) is 0.821. The molecule has 0 fully saturated rings. The van der Waals surface area contributed by atoms with Gasteiger partial charge in [0.25, 0.3) is 11.8 Å². The minimum Gasteiger partial charge on any atom is -0.481 e. The molecule has 1 atom stereocenters. The number of amides is 2. The molecule has 0 saturated carbocycles. The van der Waals surface area contributed by atoms with E-state index in [1.807, 2.05) is 45.0 Å². The van der Waals surface area contributed by atoms with Gasteiger partial charge in [0.2, 0.25) is 0 Å². The highest BCUT2D eigenvalue weighted by Crippen LogP contribution is 2.16. The molecule has 0 unspecified atom stereocenters. The van der Waals surface area contributed by atoms with Gasteiger partial charge in [0, 0.05) is 24.3 Å². The minimum absolute atomic E-state index is 0.0102. The van der Waals surface area contributed by atoms with Crippen molar-refractivity contribution in [1.82, 2.24) is 4.90 Å². The van der Waals surface area contributed by atoms with Gasteiger partial charge in [-0.05, 0) is 69.7 Å². The molecule has 0 radical (unpaired) electrons. The van der Waals surface area contributed by atoms with Crippen LogP contribution >= 0.6 is 0 Å². The second kappa shape index (κ2) is 9.04. The summed E-state index contributed by atoms with van der Waals surface area (Å²) in [6.07, 6.45) is -0.631. The molecule has 0 spiro atoms. The summed E-state index contributed by atoms with van der Waals surface area (Å²) in [4.78, 5) is 26.4. The normalized spacial score (nSPS) is 11.5. The second-order valence-electron chi connectivity index (χ2n) is 6.12. The molecule has 5 heteroatoms. The Morgan fingerprint density at radius 1 is 1.08 bits per heavy atom. The van der Waals surface area contributed by atoms with Crippen molar-refractivity contribution in [2.24, 2.45) is 0 Å². The first kappa shape index (κ1) is 19.5. The summed E-state index contributed by atoms with van der Waals surface area (Å²) in [6, 6.07) is 14.5. The molecule has 138 valence electrons. The molecule has 2 aromatic carbocycles. The predicted octanol–water partition coefficient (Wildman–Crippen LogP) is 3.88. The summed E-state index contributed by atoms with van der Waals surface area (Å²) in [7, 11) is 0. The molecule has 0 heterocycles. The molecule has 26 heavy (non-hydrogen) atoms. The molecule has 0 aliphatic rings. The number of carbonyl (C=O) groups is 2. The zero-order valence-corrected chi connectivity index (χ0v) is 15.8. The van der Waals surface area contributed by atoms with E-state index in [9.17, 15) is 9.59 Å². The van der Waals surface area contributed by atoms with Crippen LogP contribution in [0, 0.1) is 6.92 Å². The first-order valence-electron chi connectivity index (χ1n) is 8.88. The van der Waals surface area contributed by atoms with Crippen LogP contribution in [0.3, 0.4) is 0 Å². The number of nitrogens with one attached hydrogen (secondary N) is 1. The van der Waals surface area contributed by atoms with Gasteiger partial charge in [-0.1, -0.05) is 12.1 Å². The fraction of sp³-hybridized carbons (Fsp3) is 0.333. The summed E-state index contributed by atoms with van der Waals surface area (Å²) in [6.45, 7) is 8.91. The number of rotatable bonds is 7. The van der Waals surface area contributed by atoms with E-state index in [0.717, 1.165) is 5.56 Å². The average molecular weight is 354 g/mol. The van der Waals surface area contributed by atoms with Gasteiger partial charge in [-0.25, -0.2) is 0 Å². The van der Waals surface area contributed by atoms with Gasteiger partial charge in [0.15, 0.2) is 6.10 Å². The first-order chi connectivity index (χ1) is 12.4. The zero-order chi connectivity index (χ0) is 19.1. The van der Waals surface area contributed by atoms with E-state index in [2.05, 4.69) is 5.32 Å². The lowest BCUT2D eigenvalue weighted by atomic mass is 10.1. The van der Waals surface area contributed by atoms with E-state index in [4.69, 9.17) is 4.74 Å². The van der Waals surface area contributed by atoms with Gasteiger partial charge in [0.05, 0.1) is 0 Å². The number of hydrogen-bond acceptors (Lipinski definition) is 3. The van der Waals surface area contributed by atoms with E-state index in [1.54, 1.807) is 36.1 Å². The Bertz CT molecular complexity index is 752. The van der Waals surface area contributed by atoms with Crippen molar-refractivity contribution in [3.8, 4) is 5.75 Å². The summed E-state index contributed by atoms with van der Waals surface area (Å²) in [5, 5.41) is 2.81. The second-order valence-corrected chi connectivity index (χ2v) is 6.12. The van der Waals surface area contributed by atoms with Gasteiger partial charge >= 0.3 is 0 Å². The third-order valence-corrected chi connectivity index (χ3v) is 4.12. The number of ether oxygens (including phenoxy) is 1. The Balaban J connectivity index is 1.97. The summed E-state index contributed by atoms with van der Waals surface area (Å²) in [5.74, 6) is 0.408. The predicted molar refractivity (Wildman–Crippen MR) is 104 cm³/mol. The van der Waals surface area contributed by atoms with Crippen LogP contribution in [0.4, 0.5) is 5.69 Å². The molecule has 0 saturated heterocycles. The van der Waals surface area contributed by atoms with Crippen molar-refractivity contribution >= 4 is 17.5 Å². The molecule has 5 nitrogen and oxygen atoms in total. The highest BCUT2D eigenvalue weighted by atomic mass is 16.5. The van der Waals surface area contributed by atoms with E-state index < -0.39 is 6.10 Å². The van der Waals surface area contributed by atoms with Gasteiger partial charge in [0.1, 0.15) is 5.75 Å². The Morgan fingerprint density at radius 3 is 2.31 bits per heavy atom. The summed E-state index contributed by atoms with van der Waals surface area (Å²) < 4.78 is 5.68. The van der Waals surface area contributed by atoms with Crippen LogP contribution in [-0.4, -0.2) is 35.9 Å². The molecule has 2 aromatic rings. The van der Waals surface area contributed by atoms with E-state index in [1.165, 1.54) is 0 Å². The highest BCUT2D eigenvalue weighted by Gasteiger charge is 2.16. The number of nitrogens with zero attached hydrogens (tertiary/aromatic N) is 1. The molecule has 0 aliphatic carbocycles. The Labute approximate surface area is 155 Å². The van der Waals surface area contributed by atoms with Gasteiger partial charge in [-0.3, -0.25) is 9.59 Å². The minimum atomic E-state index is -0.631. The van der Waals surface area contributed by atoms with E-state index >= 15 is 0 Å². The number of carbonyl (C=O) groups excluding carboxylic acids is 2. The lowest BCUT2D eigenvalue weighted by molar-refractivity contribution is -0.122. The van der Waals surface area contributed by atoms with Crippen LogP contribution < -0.4 is 10.1 Å². The molecule has 0 bridgehead atoms. The lowest BCUT2D eigenvalue weighted by Crippen LogP contribution is -2.31. The van der Waals surface area contributed by atoms with Crippen molar-refractivity contribution in [2.75, 3.05) is 18.4 Å². The summed E-state index contributed by atoms with van der Waals surface area (Å²) >= 11 is 0. The monoisotopic (exact) mass is 354 g/mol. The molecule has 2 rings (SSSR count). The number of aryl methyl sites for hydroxylation is 1. The zero-order valence-electron chi connectivity index (χ0n) is 15.8. The third kappa shape index (κ3) is 5.09. The van der Waals surface area contributed by atoms with Crippen LogP contribution in [0.1, 0.15) is 36.7 Å². The third-order valence-electron chi connectivity index (χ3n) is 4.12. The van der Waals surface area contributed by atoms with Crippen molar-refractivity contribution in [2.45, 2.75) is 33.8 Å². The molecule has 2 amide bonds. The fourth-order valence-electron chi connectivity index (χ4n) is 2.58. The van der Waals surface area contributed by atoms with Crippen molar-refractivity contribution in [3.63, 3.8) is 0 Å². The topological polar surface area (TPSA) is 58.6 Å². The van der Waals surface area contributed by atoms with E-state index in [-0.39, 0.29) is 11.8 Å². The maximum Gasteiger partial charge on any atom is 0.265 e. The number of benzene rings is 2. The molecule has 0 aromatic heterocycles. The average Bonchev–Trinajstić information content (AvgIpc) is 2.63. The van der Waals surface area contributed by atoms with E-state index in [0.29, 0.717) is 30.1 Å². The SMILES string of the molecule is CCN(CC)C(=O)c1ccc(NC(=O)[C@@H](C)Oc2cccc(C)c2)cc1. The maximum atomic E-state index is 12.3. The van der Waals surface area contributed by atoms with Gasteiger partial charge in [-0.2, -0.15) is 0 Å². The van der Waals surface area contributed by atoms with Gasteiger partial charge in [-0.15, -0.1) is 0 Å². The maximum absolute atomic E-state index is 12.3. The molecule has 0 aliphatic heterocycles. The van der Waals surface area contributed by atoms with Crippen LogP contribution in [0.5, 0.6) is 5.75 Å². The Morgan fingerprint density at radius 2 is 1.73 bits per heavy atom. The van der Waals surface area contributed by atoms with Crippen LogP contribution in [-0.2, 0) is 4.79 Å². The fourth-order valence-corrected chi connectivity index (χ4v) is 2.58. The number of hydrogen-bond donors (Lipinski definition) is 1. The largest absolute Gasteiger partial charge is 0.481 e. The molecule has 1 N–H and O–H groups in total. The Hall–Kier alpha value is -2.82. The number of anilines is 1. The van der Waals surface area contributed by atoms with Gasteiger partial charge < -0.3 is 15.0 Å². The first-order valence-corrected chi connectivity index (χ1v) is 8.88. The standard InChI is InChI=1S/C21H26N2O3/c1-5-23(6-2)21(25)17-10-12-18(13-11-17)22-20(24)16(4)26-19-9-7-8-15(3)14-19/h7-14,16H,5-6H2,1-4H3,(H,22,24)/t16-/m1/s1. The van der Waals surface area contributed by atoms with Crippen LogP contribution in [0.25, 0.3) is 0 Å². The molecular weight excluding hydrogens is 328 g/mol.